The molecule has 8 heteroatoms. The Hall–Kier alpha value is -3.52. The standard InChI is InChI=1S/C22H24N4O4/c1-15-18(17(13-23)20(29-15)26-11-7-8-12-26)21(28)30-16(2)19(27)25(3)22(14-24)9-5-4-6-10-22/h7-8,11-12,16H,4-6,9-10H2,1-3H3/t16-/m1/s1. The van der Waals surface area contributed by atoms with Crippen molar-refractivity contribution in [2.24, 2.45) is 0 Å². The van der Waals surface area contributed by atoms with Crippen LogP contribution in [0.5, 0.6) is 0 Å². The van der Waals surface area contributed by atoms with Crippen LogP contribution in [0.1, 0.15) is 60.7 Å². The van der Waals surface area contributed by atoms with Crippen LogP contribution in [0.25, 0.3) is 5.88 Å². The quantitative estimate of drug-likeness (QED) is 0.700. The van der Waals surface area contributed by atoms with Crippen LogP contribution >= 0.6 is 0 Å². The van der Waals surface area contributed by atoms with Gasteiger partial charge in [-0.2, -0.15) is 10.5 Å². The smallest absolute Gasteiger partial charge is 0.343 e. The van der Waals surface area contributed by atoms with Crippen LogP contribution in [0, 0.1) is 29.6 Å². The third kappa shape index (κ3) is 3.69. The Balaban J connectivity index is 1.80. The van der Waals surface area contributed by atoms with E-state index in [-0.39, 0.29) is 22.8 Å². The first-order chi connectivity index (χ1) is 14.3. The fourth-order valence-corrected chi connectivity index (χ4v) is 3.94. The SMILES string of the molecule is Cc1oc(-n2cccc2)c(C#N)c1C(=O)O[C@H](C)C(=O)N(C)C1(C#N)CCCCC1. The van der Waals surface area contributed by atoms with E-state index in [1.807, 2.05) is 6.07 Å². The lowest BCUT2D eigenvalue weighted by Crippen LogP contribution is -2.53. The fourth-order valence-electron chi connectivity index (χ4n) is 3.94. The zero-order chi connectivity index (χ0) is 21.9. The summed E-state index contributed by atoms with van der Waals surface area (Å²) in [6.45, 7) is 3.04. The minimum absolute atomic E-state index is 0.00355. The van der Waals surface area contributed by atoms with Crippen molar-refractivity contribution in [3.05, 3.63) is 41.4 Å². The van der Waals surface area contributed by atoms with E-state index in [0.717, 1.165) is 19.3 Å². The molecule has 1 atom stereocenters. The maximum Gasteiger partial charge on any atom is 0.343 e. The number of aryl methyl sites for hydroxylation is 1. The molecule has 1 fully saturated rings. The van der Waals surface area contributed by atoms with Gasteiger partial charge >= 0.3 is 5.97 Å². The first-order valence-corrected chi connectivity index (χ1v) is 9.91. The minimum Gasteiger partial charge on any atom is -0.449 e. The maximum atomic E-state index is 12.9. The van der Waals surface area contributed by atoms with Crippen molar-refractivity contribution in [2.75, 3.05) is 7.05 Å². The van der Waals surface area contributed by atoms with Crippen molar-refractivity contribution in [3.63, 3.8) is 0 Å². The van der Waals surface area contributed by atoms with Crippen LogP contribution in [0.4, 0.5) is 0 Å². The lowest BCUT2D eigenvalue weighted by Gasteiger charge is -2.39. The monoisotopic (exact) mass is 408 g/mol. The zero-order valence-corrected chi connectivity index (χ0v) is 17.3. The lowest BCUT2D eigenvalue weighted by molar-refractivity contribution is -0.143. The van der Waals surface area contributed by atoms with Crippen LogP contribution in [-0.4, -0.2) is 40.0 Å². The highest BCUT2D eigenvalue weighted by molar-refractivity contribution is 5.96. The molecule has 2 aromatic heterocycles. The highest BCUT2D eigenvalue weighted by Gasteiger charge is 2.41. The van der Waals surface area contributed by atoms with Gasteiger partial charge in [-0.15, -0.1) is 0 Å². The van der Waals surface area contributed by atoms with E-state index in [2.05, 4.69) is 6.07 Å². The number of hydrogen-bond donors (Lipinski definition) is 0. The molecule has 1 aliphatic carbocycles. The number of likely N-dealkylation sites (N-methyl/N-ethyl adjacent to an activating group) is 1. The highest BCUT2D eigenvalue weighted by atomic mass is 16.5. The van der Waals surface area contributed by atoms with Crippen molar-refractivity contribution < 1.29 is 18.7 Å². The van der Waals surface area contributed by atoms with Gasteiger partial charge < -0.3 is 14.1 Å². The molecule has 0 bridgehead atoms. The average Bonchev–Trinajstić information content (AvgIpc) is 3.40. The number of rotatable bonds is 5. The van der Waals surface area contributed by atoms with Gasteiger partial charge in [0.15, 0.2) is 6.10 Å². The maximum absolute atomic E-state index is 12.9. The summed E-state index contributed by atoms with van der Waals surface area (Å²) in [5, 5.41) is 19.3. The molecule has 0 aromatic carbocycles. The number of amides is 1. The van der Waals surface area contributed by atoms with Gasteiger partial charge in [-0.05, 0) is 38.8 Å². The molecule has 0 saturated heterocycles. The second-order valence-electron chi connectivity index (χ2n) is 7.56. The summed E-state index contributed by atoms with van der Waals surface area (Å²) in [7, 11) is 1.58. The van der Waals surface area contributed by atoms with Crippen LogP contribution < -0.4 is 0 Å². The number of aromatic nitrogens is 1. The number of nitrogens with zero attached hydrogens (tertiary/aromatic N) is 4. The van der Waals surface area contributed by atoms with Gasteiger partial charge in [-0.3, -0.25) is 9.36 Å². The molecule has 1 aliphatic rings. The number of ether oxygens (including phenoxy) is 1. The summed E-state index contributed by atoms with van der Waals surface area (Å²) in [4.78, 5) is 27.1. The highest BCUT2D eigenvalue weighted by Crippen LogP contribution is 2.33. The van der Waals surface area contributed by atoms with Gasteiger partial charge in [0.25, 0.3) is 5.91 Å². The van der Waals surface area contributed by atoms with Crippen molar-refractivity contribution in [1.82, 2.24) is 9.47 Å². The van der Waals surface area contributed by atoms with Crippen molar-refractivity contribution in [3.8, 4) is 18.0 Å². The van der Waals surface area contributed by atoms with Gasteiger partial charge in [0.1, 0.15) is 28.5 Å². The van der Waals surface area contributed by atoms with Crippen molar-refractivity contribution >= 4 is 11.9 Å². The minimum atomic E-state index is -1.11. The number of nitriles is 2. The predicted molar refractivity (Wildman–Crippen MR) is 107 cm³/mol. The first kappa shape index (κ1) is 21.2. The molecule has 156 valence electrons. The molecule has 8 nitrogen and oxygen atoms in total. The molecule has 3 rings (SSSR count). The molecule has 0 N–H and O–H groups in total. The Morgan fingerprint density at radius 3 is 2.43 bits per heavy atom. The molecule has 1 amide bonds. The molecule has 2 heterocycles. The number of carbonyl (C=O) groups is 2. The number of esters is 1. The Morgan fingerprint density at radius 2 is 1.87 bits per heavy atom. The normalized spacial score (nSPS) is 16.2. The Morgan fingerprint density at radius 1 is 1.23 bits per heavy atom. The summed E-state index contributed by atoms with van der Waals surface area (Å²) in [5.41, 5.74) is -0.834. The van der Waals surface area contributed by atoms with Gasteiger partial charge in [0, 0.05) is 19.4 Å². The van der Waals surface area contributed by atoms with E-state index in [1.165, 1.54) is 11.8 Å². The van der Waals surface area contributed by atoms with Gasteiger partial charge in [-0.25, -0.2) is 4.79 Å². The fraction of sp³-hybridized carbons (Fsp3) is 0.455. The number of hydrogen-bond acceptors (Lipinski definition) is 6. The Bertz CT molecular complexity index is 1020. The zero-order valence-electron chi connectivity index (χ0n) is 17.3. The molecular formula is C22H24N4O4. The van der Waals surface area contributed by atoms with E-state index in [0.29, 0.717) is 12.8 Å². The molecule has 2 aromatic rings. The second kappa shape index (κ2) is 8.46. The van der Waals surface area contributed by atoms with E-state index >= 15 is 0 Å². The third-order valence-corrected chi connectivity index (χ3v) is 5.71. The van der Waals surface area contributed by atoms with Gasteiger partial charge in [0.2, 0.25) is 5.88 Å². The second-order valence-corrected chi connectivity index (χ2v) is 7.56. The van der Waals surface area contributed by atoms with Gasteiger partial charge in [-0.1, -0.05) is 19.3 Å². The molecule has 0 spiro atoms. The average molecular weight is 408 g/mol. The van der Waals surface area contributed by atoms with E-state index in [9.17, 15) is 20.1 Å². The third-order valence-electron chi connectivity index (χ3n) is 5.71. The molecule has 0 aliphatic heterocycles. The Labute approximate surface area is 175 Å². The van der Waals surface area contributed by atoms with Crippen LogP contribution in [0.15, 0.2) is 28.9 Å². The Kier molecular flexibility index (Phi) is 5.98. The predicted octanol–water partition coefficient (Wildman–Crippen LogP) is 3.48. The van der Waals surface area contributed by atoms with Crippen LogP contribution in [-0.2, 0) is 9.53 Å². The van der Waals surface area contributed by atoms with Crippen molar-refractivity contribution in [1.29, 1.82) is 10.5 Å². The summed E-state index contributed by atoms with van der Waals surface area (Å²) in [6, 6.07) is 7.82. The first-order valence-electron chi connectivity index (χ1n) is 9.91. The van der Waals surface area contributed by atoms with Crippen molar-refractivity contribution in [2.45, 2.75) is 57.6 Å². The molecule has 0 unspecified atom stereocenters. The lowest BCUT2D eigenvalue weighted by atomic mass is 9.81. The van der Waals surface area contributed by atoms with E-state index in [4.69, 9.17) is 9.15 Å². The van der Waals surface area contributed by atoms with E-state index < -0.39 is 23.5 Å². The number of furan rings is 1. The largest absolute Gasteiger partial charge is 0.449 e. The van der Waals surface area contributed by atoms with Gasteiger partial charge in [0.05, 0.1) is 6.07 Å². The van der Waals surface area contributed by atoms with Crippen LogP contribution in [0.2, 0.25) is 0 Å². The number of carbonyl (C=O) groups excluding carboxylic acids is 2. The molecular weight excluding hydrogens is 384 g/mol. The summed E-state index contributed by atoms with van der Waals surface area (Å²) in [6.07, 6.45) is 6.28. The van der Waals surface area contributed by atoms with E-state index in [1.54, 1.807) is 43.1 Å². The molecule has 0 radical (unpaired) electrons. The molecule has 30 heavy (non-hydrogen) atoms. The summed E-state index contributed by atoms with van der Waals surface area (Å²) in [5.74, 6) is -0.810. The molecule has 1 saturated carbocycles. The topological polar surface area (TPSA) is 112 Å². The summed E-state index contributed by atoms with van der Waals surface area (Å²) < 4.78 is 12.6. The summed E-state index contributed by atoms with van der Waals surface area (Å²) >= 11 is 0. The van der Waals surface area contributed by atoms with Crippen LogP contribution in [0.3, 0.4) is 0 Å².